The van der Waals surface area contributed by atoms with E-state index in [1.165, 1.54) is 0 Å². The molecular weight excluding hydrogens is 382 g/mol. The Kier molecular flexibility index (Phi) is 7.59. The third-order valence-corrected chi connectivity index (χ3v) is 4.94. The second-order valence-corrected chi connectivity index (χ2v) is 8.84. The average molecular weight is 416 g/mol. The Morgan fingerprint density at radius 2 is 1.93 bits per heavy atom. The Balaban J connectivity index is 2.02. The van der Waals surface area contributed by atoms with E-state index in [9.17, 15) is 14.4 Å². The van der Waals surface area contributed by atoms with Crippen molar-refractivity contribution in [3.63, 3.8) is 0 Å². The molecule has 0 saturated heterocycles. The zero-order valence-electron chi connectivity index (χ0n) is 18.6. The highest BCUT2D eigenvalue weighted by Crippen LogP contribution is 2.27. The fourth-order valence-corrected chi connectivity index (χ4v) is 2.94. The molecule has 0 aliphatic carbocycles. The lowest BCUT2D eigenvalue weighted by atomic mass is 9.97. The van der Waals surface area contributed by atoms with Gasteiger partial charge in [0.15, 0.2) is 11.7 Å². The fraction of sp³-hybridized carbons (Fsp3) is 0.545. The van der Waals surface area contributed by atoms with Crippen molar-refractivity contribution >= 4 is 29.2 Å². The van der Waals surface area contributed by atoms with Crippen LogP contribution in [0.5, 0.6) is 0 Å². The molecule has 1 aliphatic rings. The van der Waals surface area contributed by atoms with Crippen LogP contribution in [-0.4, -0.2) is 60.0 Å². The molecule has 0 saturated carbocycles. The number of nitrogens with zero attached hydrogens (tertiary/aromatic N) is 3. The van der Waals surface area contributed by atoms with Crippen LogP contribution in [0.25, 0.3) is 0 Å². The van der Waals surface area contributed by atoms with Gasteiger partial charge in [-0.05, 0) is 36.1 Å². The van der Waals surface area contributed by atoms with Crippen LogP contribution in [0.15, 0.2) is 23.2 Å². The first-order valence-electron chi connectivity index (χ1n) is 10.3. The van der Waals surface area contributed by atoms with E-state index in [-0.39, 0.29) is 48.4 Å². The average Bonchev–Trinajstić information content (AvgIpc) is 2.69. The topological polar surface area (TPSA) is 108 Å². The molecule has 8 nitrogen and oxygen atoms in total. The van der Waals surface area contributed by atoms with Gasteiger partial charge in [-0.1, -0.05) is 20.8 Å². The number of hydrogen-bond donors (Lipinski definition) is 2. The second kappa shape index (κ2) is 9.73. The summed E-state index contributed by atoms with van der Waals surface area (Å²) in [5, 5.41) is 2.90. The van der Waals surface area contributed by atoms with E-state index in [1.807, 2.05) is 27.7 Å². The Labute approximate surface area is 178 Å². The Morgan fingerprint density at radius 1 is 1.23 bits per heavy atom. The van der Waals surface area contributed by atoms with Crippen molar-refractivity contribution in [2.75, 3.05) is 26.7 Å². The molecule has 2 rings (SSSR count). The molecule has 0 atom stereocenters. The molecule has 0 unspecified atom stereocenters. The summed E-state index contributed by atoms with van der Waals surface area (Å²) >= 11 is 0. The quantitative estimate of drug-likeness (QED) is 0.632. The van der Waals surface area contributed by atoms with E-state index in [4.69, 9.17) is 5.73 Å². The van der Waals surface area contributed by atoms with Gasteiger partial charge in [0.25, 0.3) is 0 Å². The molecule has 1 heterocycles. The van der Waals surface area contributed by atoms with Gasteiger partial charge >= 0.3 is 0 Å². The lowest BCUT2D eigenvalue weighted by molar-refractivity contribution is -0.129. The van der Waals surface area contributed by atoms with Crippen LogP contribution >= 0.6 is 0 Å². The lowest BCUT2D eigenvalue weighted by Gasteiger charge is -2.28. The van der Waals surface area contributed by atoms with E-state index in [0.29, 0.717) is 30.9 Å². The monoisotopic (exact) mass is 415 g/mol. The second-order valence-electron chi connectivity index (χ2n) is 8.84. The van der Waals surface area contributed by atoms with Crippen LogP contribution in [0.4, 0.5) is 5.69 Å². The number of carbonyl (C=O) groups is 3. The summed E-state index contributed by atoms with van der Waals surface area (Å²) < 4.78 is 0. The molecule has 0 spiro atoms. The Morgan fingerprint density at radius 3 is 2.57 bits per heavy atom. The smallest absolute Gasteiger partial charge is 0.239 e. The highest BCUT2D eigenvalue weighted by atomic mass is 16.2. The molecule has 0 fully saturated rings. The molecule has 3 N–H and O–H groups in total. The maximum absolute atomic E-state index is 12.5. The van der Waals surface area contributed by atoms with Crippen LogP contribution in [0, 0.1) is 5.41 Å². The molecular formula is C22H33N5O3. The van der Waals surface area contributed by atoms with Crippen molar-refractivity contribution in [3.05, 3.63) is 29.3 Å². The molecule has 164 valence electrons. The molecule has 30 heavy (non-hydrogen) atoms. The normalized spacial score (nSPS) is 13.4. The zero-order valence-corrected chi connectivity index (χ0v) is 18.6. The number of fused-ring (bicyclic) bond motifs is 1. The summed E-state index contributed by atoms with van der Waals surface area (Å²) in [7, 11) is 1.72. The molecule has 1 aliphatic heterocycles. The zero-order chi connectivity index (χ0) is 22.5. The summed E-state index contributed by atoms with van der Waals surface area (Å²) in [5.41, 5.74) is 8.08. The highest BCUT2D eigenvalue weighted by molar-refractivity contribution is 5.99. The number of benzene rings is 1. The van der Waals surface area contributed by atoms with Crippen LogP contribution in [0.3, 0.4) is 0 Å². The fourth-order valence-electron chi connectivity index (χ4n) is 2.94. The summed E-state index contributed by atoms with van der Waals surface area (Å²) in [6, 6.07) is 5.24. The molecule has 0 bridgehead atoms. The summed E-state index contributed by atoms with van der Waals surface area (Å²) in [6.45, 7) is 9.71. The van der Waals surface area contributed by atoms with Crippen molar-refractivity contribution < 1.29 is 14.4 Å². The van der Waals surface area contributed by atoms with Crippen LogP contribution in [0.2, 0.25) is 0 Å². The summed E-state index contributed by atoms with van der Waals surface area (Å²) in [6.07, 6.45) is 0.345. The molecule has 1 aromatic carbocycles. The third-order valence-electron chi connectivity index (χ3n) is 4.94. The van der Waals surface area contributed by atoms with E-state index >= 15 is 0 Å². The highest BCUT2D eigenvalue weighted by Gasteiger charge is 2.22. The third kappa shape index (κ3) is 6.57. The van der Waals surface area contributed by atoms with Crippen LogP contribution in [0.1, 0.15) is 56.5 Å². The van der Waals surface area contributed by atoms with Gasteiger partial charge in [0, 0.05) is 45.1 Å². The van der Waals surface area contributed by atoms with E-state index in [1.54, 1.807) is 35.0 Å². The number of rotatable bonds is 8. The molecule has 0 aromatic heterocycles. The number of nitrogens with one attached hydrogen (secondary N) is 1. The number of guanidine groups is 1. The van der Waals surface area contributed by atoms with Crippen molar-refractivity contribution in [1.29, 1.82) is 0 Å². The van der Waals surface area contributed by atoms with Gasteiger partial charge in [-0.25, -0.2) is 4.99 Å². The maximum Gasteiger partial charge on any atom is 0.239 e. The van der Waals surface area contributed by atoms with Crippen LogP contribution in [-0.2, 0) is 16.1 Å². The summed E-state index contributed by atoms with van der Waals surface area (Å²) in [5.74, 6) is 0.0132. The first-order chi connectivity index (χ1) is 14.0. The minimum absolute atomic E-state index is 0.00757. The standard InChI is InChI=1S/C22H33N5O3/c1-6-26(5)20(30)10-9-18(28)15-7-8-17-16(11-15)12-27(21(23)25-17)13-19(29)24-14-22(2,3)4/h7-8,11H,6,9-10,12-14H2,1-5H3,(H2,23,25)(H,24,29). The van der Waals surface area contributed by atoms with Crippen molar-refractivity contribution in [1.82, 2.24) is 15.1 Å². The molecule has 8 heteroatoms. The predicted octanol–water partition coefficient (Wildman–Crippen LogP) is 2.05. The van der Waals surface area contributed by atoms with E-state index < -0.39 is 0 Å². The van der Waals surface area contributed by atoms with Crippen molar-refractivity contribution in [3.8, 4) is 0 Å². The van der Waals surface area contributed by atoms with Gasteiger partial charge < -0.3 is 20.9 Å². The van der Waals surface area contributed by atoms with Gasteiger partial charge in [-0.15, -0.1) is 0 Å². The first kappa shape index (κ1) is 23.4. The van der Waals surface area contributed by atoms with Crippen molar-refractivity contribution in [2.45, 2.75) is 47.1 Å². The number of hydrogen-bond acceptors (Lipinski definition) is 6. The van der Waals surface area contributed by atoms with Gasteiger partial charge in [-0.2, -0.15) is 0 Å². The van der Waals surface area contributed by atoms with Gasteiger partial charge in [-0.3, -0.25) is 14.4 Å². The van der Waals surface area contributed by atoms with Crippen LogP contribution < -0.4 is 11.1 Å². The number of ketones is 1. The molecule has 2 amide bonds. The largest absolute Gasteiger partial charge is 0.369 e. The Bertz CT molecular complexity index is 842. The lowest BCUT2D eigenvalue weighted by Crippen LogP contribution is -2.46. The minimum Gasteiger partial charge on any atom is -0.369 e. The predicted molar refractivity (Wildman–Crippen MR) is 117 cm³/mol. The van der Waals surface area contributed by atoms with E-state index in [2.05, 4.69) is 10.3 Å². The maximum atomic E-state index is 12.5. The number of Topliss-reactive ketones (excluding diaryl/α,β-unsaturated/α-hetero) is 1. The van der Waals surface area contributed by atoms with E-state index in [0.717, 1.165) is 5.56 Å². The number of amides is 2. The first-order valence-corrected chi connectivity index (χ1v) is 10.3. The number of aliphatic imine (C=N–C) groups is 1. The molecule has 0 radical (unpaired) electrons. The van der Waals surface area contributed by atoms with Gasteiger partial charge in [0.2, 0.25) is 11.8 Å². The molecule has 1 aromatic rings. The number of carbonyl (C=O) groups excluding carboxylic acids is 3. The van der Waals surface area contributed by atoms with Gasteiger partial charge in [0.1, 0.15) is 0 Å². The Hall–Kier alpha value is -2.90. The SMILES string of the molecule is CCN(C)C(=O)CCC(=O)c1ccc2c(c1)CN(CC(=O)NCC(C)(C)C)C(N)=N2. The number of nitrogens with two attached hydrogens (primary N) is 1. The van der Waals surface area contributed by atoms with Crippen molar-refractivity contribution in [2.24, 2.45) is 16.1 Å². The minimum atomic E-state index is -0.127. The van der Waals surface area contributed by atoms with Gasteiger partial charge in [0.05, 0.1) is 12.2 Å². The summed E-state index contributed by atoms with van der Waals surface area (Å²) in [4.78, 5) is 44.4.